The van der Waals surface area contributed by atoms with Crippen molar-refractivity contribution in [3.63, 3.8) is 0 Å². The van der Waals surface area contributed by atoms with Gasteiger partial charge in [0.2, 0.25) is 11.8 Å². The van der Waals surface area contributed by atoms with Crippen molar-refractivity contribution in [2.75, 3.05) is 23.3 Å². The standard InChI is InChI=1S/C22H28N4O2/c1-4-26(5-2)19-12-10-18(11-13-19)16-23-25-22(28)15-14-21(27)24-20-9-7-6-8-17(20)3/h6-13,16H,4-5,14-15H2,1-3H3,(H,24,27)(H,25,28). The van der Waals surface area contributed by atoms with Crippen molar-refractivity contribution < 1.29 is 9.59 Å². The number of amides is 2. The van der Waals surface area contributed by atoms with Crippen LogP contribution >= 0.6 is 0 Å². The van der Waals surface area contributed by atoms with E-state index in [1.165, 1.54) is 0 Å². The minimum atomic E-state index is -0.295. The van der Waals surface area contributed by atoms with Gasteiger partial charge in [0.05, 0.1) is 6.21 Å². The highest BCUT2D eigenvalue weighted by Gasteiger charge is 2.07. The molecule has 148 valence electrons. The van der Waals surface area contributed by atoms with E-state index in [1.54, 1.807) is 6.21 Å². The van der Waals surface area contributed by atoms with Crippen LogP contribution in [-0.2, 0) is 9.59 Å². The molecule has 0 aliphatic rings. The maximum Gasteiger partial charge on any atom is 0.240 e. The lowest BCUT2D eigenvalue weighted by Crippen LogP contribution is -2.21. The second-order valence-electron chi connectivity index (χ2n) is 6.42. The summed E-state index contributed by atoms with van der Waals surface area (Å²) >= 11 is 0. The van der Waals surface area contributed by atoms with Crippen molar-refractivity contribution in [1.29, 1.82) is 0 Å². The van der Waals surface area contributed by atoms with Crippen molar-refractivity contribution in [2.24, 2.45) is 5.10 Å². The van der Waals surface area contributed by atoms with Crippen LogP contribution < -0.4 is 15.6 Å². The lowest BCUT2D eigenvalue weighted by Gasteiger charge is -2.20. The molecule has 6 nitrogen and oxygen atoms in total. The van der Waals surface area contributed by atoms with E-state index in [0.717, 1.165) is 35.6 Å². The molecule has 2 amide bonds. The highest BCUT2D eigenvalue weighted by atomic mass is 16.2. The van der Waals surface area contributed by atoms with Crippen molar-refractivity contribution in [1.82, 2.24) is 5.43 Å². The minimum Gasteiger partial charge on any atom is -0.372 e. The van der Waals surface area contributed by atoms with E-state index >= 15 is 0 Å². The predicted molar refractivity (Wildman–Crippen MR) is 115 cm³/mol. The van der Waals surface area contributed by atoms with Gasteiger partial charge in [-0.25, -0.2) is 5.43 Å². The molecule has 0 bridgehead atoms. The van der Waals surface area contributed by atoms with Crippen LogP contribution in [0.3, 0.4) is 0 Å². The number of benzene rings is 2. The first-order chi connectivity index (χ1) is 13.5. The second-order valence-corrected chi connectivity index (χ2v) is 6.42. The molecule has 0 saturated heterocycles. The fourth-order valence-electron chi connectivity index (χ4n) is 2.75. The molecule has 6 heteroatoms. The summed E-state index contributed by atoms with van der Waals surface area (Å²) in [6.07, 6.45) is 1.78. The SMILES string of the molecule is CCN(CC)c1ccc(C=NNC(=O)CCC(=O)Nc2ccccc2C)cc1. The number of hydrazone groups is 1. The summed E-state index contributed by atoms with van der Waals surface area (Å²) in [5.74, 6) is -0.489. The predicted octanol–water partition coefficient (Wildman–Crippen LogP) is 3.71. The molecule has 2 aromatic rings. The molecule has 0 radical (unpaired) electrons. The van der Waals surface area contributed by atoms with E-state index in [9.17, 15) is 9.59 Å². The third-order valence-corrected chi connectivity index (χ3v) is 4.42. The first-order valence-corrected chi connectivity index (χ1v) is 9.55. The van der Waals surface area contributed by atoms with Gasteiger partial charge in [0.1, 0.15) is 0 Å². The van der Waals surface area contributed by atoms with Crippen molar-refractivity contribution in [3.8, 4) is 0 Å². The number of hydrogen-bond donors (Lipinski definition) is 2. The van der Waals surface area contributed by atoms with E-state index in [2.05, 4.69) is 34.6 Å². The number of hydrogen-bond acceptors (Lipinski definition) is 4. The van der Waals surface area contributed by atoms with Crippen molar-refractivity contribution >= 4 is 29.4 Å². The highest BCUT2D eigenvalue weighted by molar-refractivity contribution is 5.94. The maximum absolute atomic E-state index is 12.0. The minimum absolute atomic E-state index is 0.0793. The first kappa shape index (κ1) is 21.2. The molecule has 0 fully saturated rings. The van der Waals surface area contributed by atoms with Gasteiger partial charge in [-0.15, -0.1) is 0 Å². The summed E-state index contributed by atoms with van der Waals surface area (Å²) in [6, 6.07) is 15.5. The van der Waals surface area contributed by atoms with Gasteiger partial charge in [0.25, 0.3) is 0 Å². The fourth-order valence-corrected chi connectivity index (χ4v) is 2.75. The summed E-state index contributed by atoms with van der Waals surface area (Å²) in [5.41, 5.74) is 6.26. The summed E-state index contributed by atoms with van der Waals surface area (Å²) in [5, 5.41) is 6.77. The zero-order valence-corrected chi connectivity index (χ0v) is 16.7. The Hall–Kier alpha value is -3.15. The molecule has 0 aromatic heterocycles. The molecular formula is C22H28N4O2. The monoisotopic (exact) mass is 380 g/mol. The van der Waals surface area contributed by atoms with Gasteiger partial charge in [-0.05, 0) is 50.1 Å². The Labute approximate surface area is 166 Å². The molecule has 0 heterocycles. The molecule has 0 atom stereocenters. The number of para-hydroxylation sites is 1. The van der Waals surface area contributed by atoms with Crippen molar-refractivity contribution in [3.05, 3.63) is 59.7 Å². The Balaban J connectivity index is 1.76. The lowest BCUT2D eigenvalue weighted by atomic mass is 10.2. The van der Waals surface area contributed by atoms with E-state index in [-0.39, 0.29) is 24.7 Å². The number of nitrogens with one attached hydrogen (secondary N) is 2. The van der Waals surface area contributed by atoms with Crippen LogP contribution in [0.1, 0.15) is 37.8 Å². The van der Waals surface area contributed by atoms with E-state index in [4.69, 9.17) is 0 Å². The fraction of sp³-hybridized carbons (Fsp3) is 0.318. The molecular weight excluding hydrogens is 352 g/mol. The molecule has 0 spiro atoms. The molecule has 0 saturated carbocycles. The third kappa shape index (κ3) is 6.54. The van der Waals surface area contributed by atoms with Gasteiger partial charge in [-0.1, -0.05) is 30.3 Å². The van der Waals surface area contributed by atoms with Gasteiger partial charge >= 0.3 is 0 Å². The lowest BCUT2D eigenvalue weighted by molar-refractivity contribution is -0.124. The Bertz CT molecular complexity index is 812. The molecule has 2 aromatic carbocycles. The van der Waals surface area contributed by atoms with Crippen LogP contribution in [0.4, 0.5) is 11.4 Å². The highest BCUT2D eigenvalue weighted by Crippen LogP contribution is 2.14. The Morgan fingerprint density at radius 2 is 1.61 bits per heavy atom. The molecule has 2 rings (SSSR count). The van der Waals surface area contributed by atoms with Gasteiger partial charge in [0, 0.05) is 37.3 Å². The summed E-state index contributed by atoms with van der Waals surface area (Å²) in [7, 11) is 0. The number of rotatable bonds is 9. The Kier molecular flexibility index (Phi) is 8.21. The zero-order chi connectivity index (χ0) is 20.4. The van der Waals surface area contributed by atoms with Crippen LogP contribution in [0.25, 0.3) is 0 Å². The van der Waals surface area contributed by atoms with Gasteiger partial charge < -0.3 is 10.2 Å². The van der Waals surface area contributed by atoms with Crippen LogP contribution in [-0.4, -0.2) is 31.1 Å². The number of carbonyl (C=O) groups excluding carboxylic acids is 2. The molecule has 28 heavy (non-hydrogen) atoms. The molecule has 2 N–H and O–H groups in total. The zero-order valence-electron chi connectivity index (χ0n) is 16.7. The topological polar surface area (TPSA) is 73.8 Å². The van der Waals surface area contributed by atoms with Crippen LogP contribution in [0.2, 0.25) is 0 Å². The molecule has 0 unspecified atom stereocenters. The third-order valence-electron chi connectivity index (χ3n) is 4.42. The van der Waals surface area contributed by atoms with E-state index < -0.39 is 0 Å². The number of nitrogens with zero attached hydrogens (tertiary/aromatic N) is 2. The molecule has 0 aliphatic heterocycles. The van der Waals surface area contributed by atoms with Crippen LogP contribution in [0.5, 0.6) is 0 Å². The van der Waals surface area contributed by atoms with E-state index in [0.29, 0.717) is 0 Å². The van der Waals surface area contributed by atoms with Gasteiger partial charge in [-0.2, -0.15) is 5.10 Å². The quantitative estimate of drug-likeness (QED) is 0.514. The largest absolute Gasteiger partial charge is 0.372 e. The summed E-state index contributed by atoms with van der Waals surface area (Å²) < 4.78 is 0. The van der Waals surface area contributed by atoms with Crippen molar-refractivity contribution in [2.45, 2.75) is 33.6 Å². The van der Waals surface area contributed by atoms with Gasteiger partial charge in [-0.3, -0.25) is 9.59 Å². The number of anilines is 2. The number of carbonyl (C=O) groups is 2. The van der Waals surface area contributed by atoms with Crippen LogP contribution in [0.15, 0.2) is 53.6 Å². The van der Waals surface area contributed by atoms with E-state index in [1.807, 2.05) is 55.5 Å². The Morgan fingerprint density at radius 1 is 0.964 bits per heavy atom. The summed E-state index contributed by atoms with van der Waals surface area (Å²) in [4.78, 5) is 26.1. The smallest absolute Gasteiger partial charge is 0.240 e. The van der Waals surface area contributed by atoms with Crippen LogP contribution in [0, 0.1) is 6.92 Å². The first-order valence-electron chi connectivity index (χ1n) is 9.55. The molecule has 0 aliphatic carbocycles. The summed E-state index contributed by atoms with van der Waals surface area (Å²) in [6.45, 7) is 8.08. The second kappa shape index (κ2) is 10.9. The number of aryl methyl sites for hydroxylation is 1. The average molecular weight is 380 g/mol. The maximum atomic E-state index is 12.0. The Morgan fingerprint density at radius 3 is 2.25 bits per heavy atom. The normalized spacial score (nSPS) is 10.7. The van der Waals surface area contributed by atoms with Gasteiger partial charge in [0.15, 0.2) is 0 Å². The average Bonchev–Trinajstić information content (AvgIpc) is 2.70.